The summed E-state index contributed by atoms with van der Waals surface area (Å²) < 4.78 is 17.9. The Hall–Kier alpha value is -2.81. The normalized spacial score (nSPS) is 10.9. The highest BCUT2D eigenvalue weighted by Gasteiger charge is 2.13. The largest absolute Gasteiger partial charge is 0.490 e. The quantitative estimate of drug-likeness (QED) is 0.268. The van der Waals surface area contributed by atoms with E-state index in [1.54, 1.807) is 25.3 Å². The molecule has 3 rings (SSSR count). The number of furan rings is 1. The third-order valence-corrected chi connectivity index (χ3v) is 4.70. The van der Waals surface area contributed by atoms with Crippen molar-refractivity contribution < 1.29 is 18.7 Å². The summed E-state index contributed by atoms with van der Waals surface area (Å²) >= 11 is 2.20. The van der Waals surface area contributed by atoms with Gasteiger partial charge in [0.15, 0.2) is 17.3 Å². The highest BCUT2D eigenvalue weighted by atomic mass is 127. The number of hydrogen-bond donors (Lipinski definition) is 1. The first-order valence-electron chi connectivity index (χ1n) is 9.09. The van der Waals surface area contributed by atoms with Crippen molar-refractivity contribution in [3.8, 4) is 11.5 Å². The molecule has 1 heterocycles. The van der Waals surface area contributed by atoms with Crippen molar-refractivity contribution in [1.82, 2.24) is 5.43 Å². The van der Waals surface area contributed by atoms with Gasteiger partial charge in [0.25, 0.3) is 0 Å². The molecule has 0 saturated heterocycles. The van der Waals surface area contributed by atoms with E-state index in [-0.39, 0.29) is 5.76 Å². The van der Waals surface area contributed by atoms with E-state index in [1.165, 1.54) is 0 Å². The van der Waals surface area contributed by atoms with Gasteiger partial charge in [-0.05, 0) is 71.8 Å². The summed E-state index contributed by atoms with van der Waals surface area (Å²) in [4.78, 5) is 12.0. The fraction of sp³-hybridized carbons (Fsp3) is 0.182. The average Bonchev–Trinajstić information content (AvgIpc) is 3.15. The second-order valence-electron chi connectivity index (χ2n) is 6.15. The summed E-state index contributed by atoms with van der Waals surface area (Å²) in [7, 11) is 0. The van der Waals surface area contributed by atoms with Crippen molar-refractivity contribution in [3.05, 3.63) is 80.8 Å². The molecule has 0 saturated carbocycles. The molecule has 1 amide bonds. The first kappa shape index (κ1) is 20.9. The fourth-order valence-electron chi connectivity index (χ4n) is 2.57. The minimum Gasteiger partial charge on any atom is -0.490 e. The van der Waals surface area contributed by atoms with Gasteiger partial charge in [-0.3, -0.25) is 4.79 Å². The third kappa shape index (κ3) is 5.83. The van der Waals surface area contributed by atoms with Gasteiger partial charge in [0.05, 0.1) is 16.4 Å². The van der Waals surface area contributed by atoms with Gasteiger partial charge < -0.3 is 13.9 Å². The van der Waals surface area contributed by atoms with Crippen LogP contribution >= 0.6 is 22.6 Å². The molecule has 150 valence electrons. The molecule has 0 atom stereocenters. The summed E-state index contributed by atoms with van der Waals surface area (Å²) in [6.07, 6.45) is 1.55. The second kappa shape index (κ2) is 10.1. The molecule has 0 unspecified atom stereocenters. The number of nitrogens with zero attached hydrogens (tertiary/aromatic N) is 1. The number of nitrogens with one attached hydrogen (secondary N) is 1. The standard InChI is InChI=1S/C22H21IN2O4/c1-3-27-20-12-17(13-24-25-22(26)19-10-9-15(2)29-19)11-18(23)21(20)28-14-16-7-5-4-6-8-16/h4-13H,3,14H2,1-2H3,(H,25,26)/b24-13-. The molecule has 0 radical (unpaired) electrons. The molecule has 29 heavy (non-hydrogen) atoms. The number of hydrogen-bond acceptors (Lipinski definition) is 5. The maximum absolute atomic E-state index is 12.0. The van der Waals surface area contributed by atoms with Crippen molar-refractivity contribution in [2.24, 2.45) is 5.10 Å². The zero-order valence-electron chi connectivity index (χ0n) is 16.1. The lowest BCUT2D eigenvalue weighted by molar-refractivity contribution is 0.0926. The molecule has 0 aliphatic rings. The first-order chi connectivity index (χ1) is 14.1. The Labute approximate surface area is 183 Å². The second-order valence-corrected chi connectivity index (χ2v) is 7.31. The monoisotopic (exact) mass is 504 g/mol. The molecular formula is C22H21IN2O4. The predicted molar refractivity (Wildman–Crippen MR) is 120 cm³/mol. The Morgan fingerprint density at radius 1 is 1.17 bits per heavy atom. The van der Waals surface area contributed by atoms with Crippen LogP contribution in [0.2, 0.25) is 0 Å². The molecule has 1 N–H and O–H groups in total. The molecule has 0 bridgehead atoms. The topological polar surface area (TPSA) is 73.1 Å². The molecular weight excluding hydrogens is 483 g/mol. The number of halogens is 1. The van der Waals surface area contributed by atoms with Crippen LogP contribution in [0.25, 0.3) is 0 Å². The van der Waals surface area contributed by atoms with E-state index in [2.05, 4.69) is 33.1 Å². The minimum absolute atomic E-state index is 0.217. The zero-order chi connectivity index (χ0) is 20.6. The van der Waals surface area contributed by atoms with Gasteiger partial charge in [0, 0.05) is 0 Å². The third-order valence-electron chi connectivity index (χ3n) is 3.90. The van der Waals surface area contributed by atoms with Crippen molar-refractivity contribution in [2.75, 3.05) is 6.61 Å². The smallest absolute Gasteiger partial charge is 0.307 e. The number of carbonyl (C=O) groups is 1. The number of hydrazone groups is 1. The van der Waals surface area contributed by atoms with Crippen LogP contribution in [0.5, 0.6) is 11.5 Å². The molecule has 0 aliphatic carbocycles. The lowest BCUT2D eigenvalue weighted by Crippen LogP contribution is -2.16. The summed E-state index contributed by atoms with van der Waals surface area (Å²) in [5.74, 6) is 1.79. The molecule has 0 fully saturated rings. The van der Waals surface area contributed by atoms with Crippen molar-refractivity contribution >= 4 is 34.7 Å². The van der Waals surface area contributed by atoms with Gasteiger partial charge >= 0.3 is 5.91 Å². The van der Waals surface area contributed by atoms with Crippen LogP contribution in [0.15, 0.2) is 64.1 Å². The highest BCUT2D eigenvalue weighted by Crippen LogP contribution is 2.34. The van der Waals surface area contributed by atoms with Gasteiger partial charge in [-0.2, -0.15) is 5.10 Å². The van der Waals surface area contributed by atoms with Crippen LogP contribution in [-0.2, 0) is 6.61 Å². The number of carbonyl (C=O) groups excluding carboxylic acids is 1. The maximum atomic E-state index is 12.0. The highest BCUT2D eigenvalue weighted by molar-refractivity contribution is 14.1. The molecule has 1 aromatic heterocycles. The molecule has 2 aromatic carbocycles. The molecule has 6 nitrogen and oxygen atoms in total. The Bertz CT molecular complexity index is 999. The van der Waals surface area contributed by atoms with E-state index in [0.717, 1.165) is 14.7 Å². The zero-order valence-corrected chi connectivity index (χ0v) is 18.3. The molecule has 3 aromatic rings. The van der Waals surface area contributed by atoms with Crippen LogP contribution in [0.3, 0.4) is 0 Å². The number of amides is 1. The molecule has 0 spiro atoms. The Morgan fingerprint density at radius 3 is 2.66 bits per heavy atom. The SMILES string of the molecule is CCOc1cc(/C=N\NC(=O)c2ccc(C)o2)cc(I)c1OCc1ccccc1. The average molecular weight is 504 g/mol. The lowest BCUT2D eigenvalue weighted by atomic mass is 10.2. The van der Waals surface area contributed by atoms with E-state index < -0.39 is 5.91 Å². The van der Waals surface area contributed by atoms with Crippen LogP contribution in [0.4, 0.5) is 0 Å². The van der Waals surface area contributed by atoms with Gasteiger partial charge in [-0.25, -0.2) is 5.43 Å². The van der Waals surface area contributed by atoms with Gasteiger partial charge in [0.2, 0.25) is 0 Å². The fourth-order valence-corrected chi connectivity index (χ4v) is 3.35. The van der Waals surface area contributed by atoms with E-state index in [9.17, 15) is 4.79 Å². The number of ether oxygens (including phenoxy) is 2. The van der Waals surface area contributed by atoms with Gasteiger partial charge in [-0.1, -0.05) is 30.3 Å². The Kier molecular flexibility index (Phi) is 7.29. The van der Waals surface area contributed by atoms with Gasteiger partial charge in [-0.15, -0.1) is 0 Å². The van der Waals surface area contributed by atoms with E-state index >= 15 is 0 Å². The number of aryl methyl sites for hydroxylation is 1. The lowest BCUT2D eigenvalue weighted by Gasteiger charge is -2.14. The summed E-state index contributed by atoms with van der Waals surface area (Å²) in [6.45, 7) is 4.65. The number of rotatable bonds is 8. The van der Waals surface area contributed by atoms with Crippen molar-refractivity contribution in [3.63, 3.8) is 0 Å². The van der Waals surface area contributed by atoms with Crippen LogP contribution in [0.1, 0.15) is 34.4 Å². The van der Waals surface area contributed by atoms with E-state index in [0.29, 0.717) is 30.5 Å². The summed E-state index contributed by atoms with van der Waals surface area (Å²) in [5, 5.41) is 4.01. The van der Waals surface area contributed by atoms with Crippen LogP contribution < -0.4 is 14.9 Å². The Balaban J connectivity index is 1.71. The van der Waals surface area contributed by atoms with Crippen LogP contribution in [0, 0.1) is 10.5 Å². The summed E-state index contributed by atoms with van der Waals surface area (Å²) in [5.41, 5.74) is 4.31. The van der Waals surface area contributed by atoms with Crippen molar-refractivity contribution in [2.45, 2.75) is 20.5 Å². The van der Waals surface area contributed by atoms with E-state index in [1.807, 2.05) is 49.4 Å². The van der Waals surface area contributed by atoms with Crippen LogP contribution in [-0.4, -0.2) is 18.7 Å². The summed E-state index contributed by atoms with van der Waals surface area (Å²) in [6, 6.07) is 17.0. The van der Waals surface area contributed by atoms with E-state index in [4.69, 9.17) is 13.9 Å². The molecule has 7 heteroatoms. The van der Waals surface area contributed by atoms with Gasteiger partial charge in [0.1, 0.15) is 12.4 Å². The predicted octanol–water partition coefficient (Wildman–Crippen LogP) is 4.93. The Morgan fingerprint density at radius 2 is 1.97 bits per heavy atom. The number of benzene rings is 2. The maximum Gasteiger partial charge on any atom is 0.307 e. The molecule has 0 aliphatic heterocycles. The van der Waals surface area contributed by atoms with Crippen molar-refractivity contribution in [1.29, 1.82) is 0 Å². The minimum atomic E-state index is -0.406. The first-order valence-corrected chi connectivity index (χ1v) is 10.2.